The van der Waals surface area contributed by atoms with Gasteiger partial charge in [0.1, 0.15) is 0 Å². The lowest BCUT2D eigenvalue weighted by molar-refractivity contribution is 0.0941. The molecule has 1 saturated heterocycles. The Morgan fingerprint density at radius 2 is 2.30 bits per heavy atom. The fourth-order valence-corrected chi connectivity index (χ4v) is 1.09. The minimum atomic E-state index is -2.31. The number of hydrogen-bond donors (Lipinski definition) is 1. The lowest BCUT2D eigenvalue weighted by Gasteiger charge is -2.20. The average molecular weight is 151 g/mol. The average Bonchev–Trinajstić information content (AvgIpc) is 2.12. The fourth-order valence-electron chi connectivity index (χ4n) is 1.09. The van der Waals surface area contributed by atoms with Crippen molar-refractivity contribution in [1.82, 2.24) is 0 Å². The zero-order chi connectivity index (χ0) is 7.61. The van der Waals surface area contributed by atoms with Gasteiger partial charge < -0.3 is 10.5 Å². The molecule has 1 aliphatic rings. The Labute approximate surface area is 58.3 Å². The molecule has 1 heterocycles. The predicted octanol–water partition coefficient (Wildman–Crippen LogP) is 0.759. The van der Waals surface area contributed by atoms with Gasteiger partial charge in [-0.15, -0.1) is 0 Å². The lowest BCUT2D eigenvalue weighted by Crippen LogP contribution is -2.41. The first-order valence-corrected chi connectivity index (χ1v) is 3.27. The van der Waals surface area contributed by atoms with E-state index in [9.17, 15) is 8.78 Å². The molecular weight excluding hydrogens is 140 g/mol. The van der Waals surface area contributed by atoms with Crippen molar-refractivity contribution in [1.29, 1.82) is 0 Å². The van der Waals surface area contributed by atoms with Gasteiger partial charge in [0.15, 0.2) is 0 Å². The third kappa shape index (κ3) is 1.88. The Kier molecular flexibility index (Phi) is 2.21. The maximum absolute atomic E-state index is 11.8. The zero-order valence-corrected chi connectivity index (χ0v) is 5.65. The summed E-state index contributed by atoms with van der Waals surface area (Å²) in [6.07, 6.45) is -2.00. The summed E-state index contributed by atoms with van der Waals surface area (Å²) in [5.41, 5.74) is 4.80. The predicted molar refractivity (Wildman–Crippen MR) is 33.0 cm³/mol. The molecule has 1 atom stereocenters. The van der Waals surface area contributed by atoms with Crippen LogP contribution >= 0.6 is 0 Å². The molecule has 1 aliphatic heterocycles. The van der Waals surface area contributed by atoms with Gasteiger partial charge >= 0.3 is 0 Å². The van der Waals surface area contributed by atoms with Gasteiger partial charge in [-0.1, -0.05) is 0 Å². The molecule has 10 heavy (non-hydrogen) atoms. The highest BCUT2D eigenvalue weighted by molar-refractivity contribution is 4.88. The molecule has 0 spiro atoms. The monoisotopic (exact) mass is 151 g/mol. The van der Waals surface area contributed by atoms with Crippen LogP contribution in [0.3, 0.4) is 0 Å². The number of ether oxygens (including phenoxy) is 1. The SMILES string of the molecule is NC1(CC(F)F)CCOC1. The summed E-state index contributed by atoms with van der Waals surface area (Å²) in [6, 6.07) is 0. The van der Waals surface area contributed by atoms with Gasteiger partial charge in [-0.2, -0.15) is 0 Å². The zero-order valence-electron chi connectivity index (χ0n) is 5.65. The normalized spacial score (nSPS) is 33.6. The van der Waals surface area contributed by atoms with E-state index in [1.165, 1.54) is 0 Å². The molecule has 0 aromatic heterocycles. The number of alkyl halides is 2. The highest BCUT2D eigenvalue weighted by Gasteiger charge is 2.33. The maximum atomic E-state index is 11.8. The second kappa shape index (κ2) is 2.80. The van der Waals surface area contributed by atoms with Crippen molar-refractivity contribution in [3.63, 3.8) is 0 Å². The quantitative estimate of drug-likeness (QED) is 0.632. The molecule has 0 radical (unpaired) electrons. The Bertz CT molecular complexity index is 112. The summed E-state index contributed by atoms with van der Waals surface area (Å²) >= 11 is 0. The van der Waals surface area contributed by atoms with Gasteiger partial charge in [0.25, 0.3) is 0 Å². The third-order valence-corrected chi connectivity index (χ3v) is 1.69. The Morgan fingerprint density at radius 3 is 2.70 bits per heavy atom. The summed E-state index contributed by atoms with van der Waals surface area (Å²) in [5, 5.41) is 0. The largest absolute Gasteiger partial charge is 0.379 e. The van der Waals surface area contributed by atoms with Crippen molar-refractivity contribution in [2.24, 2.45) is 5.73 Å². The molecule has 0 amide bonds. The van der Waals surface area contributed by atoms with Crippen LogP contribution in [0.2, 0.25) is 0 Å². The van der Waals surface area contributed by atoms with E-state index in [1.807, 2.05) is 0 Å². The van der Waals surface area contributed by atoms with Crippen LogP contribution in [0.25, 0.3) is 0 Å². The molecule has 4 heteroatoms. The first-order chi connectivity index (χ1) is 4.62. The van der Waals surface area contributed by atoms with E-state index < -0.39 is 12.0 Å². The molecule has 1 rings (SSSR count). The van der Waals surface area contributed by atoms with Crippen LogP contribution in [-0.2, 0) is 4.74 Å². The first-order valence-electron chi connectivity index (χ1n) is 3.27. The summed E-state index contributed by atoms with van der Waals surface area (Å²) in [5.74, 6) is 0. The van der Waals surface area contributed by atoms with E-state index in [0.29, 0.717) is 13.0 Å². The second-order valence-electron chi connectivity index (χ2n) is 2.76. The van der Waals surface area contributed by atoms with Crippen molar-refractivity contribution >= 4 is 0 Å². The Balaban J connectivity index is 2.36. The van der Waals surface area contributed by atoms with Crippen LogP contribution in [0.5, 0.6) is 0 Å². The van der Waals surface area contributed by atoms with Crippen LogP contribution in [0.15, 0.2) is 0 Å². The molecule has 2 N–H and O–H groups in total. The molecule has 1 unspecified atom stereocenters. The highest BCUT2D eigenvalue weighted by atomic mass is 19.3. The minimum Gasteiger partial charge on any atom is -0.379 e. The molecule has 1 fully saturated rings. The molecule has 0 saturated carbocycles. The highest BCUT2D eigenvalue weighted by Crippen LogP contribution is 2.22. The molecule has 0 bridgehead atoms. The van der Waals surface area contributed by atoms with E-state index in [2.05, 4.69) is 0 Å². The molecule has 0 aromatic rings. The van der Waals surface area contributed by atoms with Gasteiger partial charge in [0, 0.05) is 18.6 Å². The summed E-state index contributed by atoms with van der Waals surface area (Å²) in [7, 11) is 0. The summed E-state index contributed by atoms with van der Waals surface area (Å²) in [4.78, 5) is 0. The number of nitrogens with two attached hydrogens (primary N) is 1. The van der Waals surface area contributed by atoms with E-state index in [1.54, 1.807) is 0 Å². The van der Waals surface area contributed by atoms with E-state index in [-0.39, 0.29) is 13.0 Å². The molecule has 60 valence electrons. The fraction of sp³-hybridized carbons (Fsp3) is 1.00. The molecule has 0 aliphatic carbocycles. The first kappa shape index (κ1) is 7.88. The molecular formula is C6H11F2NO. The van der Waals surface area contributed by atoms with E-state index in [0.717, 1.165) is 0 Å². The van der Waals surface area contributed by atoms with E-state index >= 15 is 0 Å². The van der Waals surface area contributed by atoms with Crippen molar-refractivity contribution in [2.75, 3.05) is 13.2 Å². The summed E-state index contributed by atoms with van der Waals surface area (Å²) < 4.78 is 28.5. The van der Waals surface area contributed by atoms with Crippen LogP contribution in [0.1, 0.15) is 12.8 Å². The standard InChI is InChI=1S/C6H11F2NO/c7-5(8)3-6(9)1-2-10-4-6/h5H,1-4,9H2. The maximum Gasteiger partial charge on any atom is 0.240 e. The van der Waals surface area contributed by atoms with Gasteiger partial charge in [-0.25, -0.2) is 8.78 Å². The van der Waals surface area contributed by atoms with Crippen molar-refractivity contribution < 1.29 is 13.5 Å². The Hall–Kier alpha value is -0.220. The van der Waals surface area contributed by atoms with Crippen LogP contribution in [0, 0.1) is 0 Å². The summed E-state index contributed by atoms with van der Waals surface area (Å²) in [6.45, 7) is 0.792. The third-order valence-electron chi connectivity index (χ3n) is 1.69. The van der Waals surface area contributed by atoms with Gasteiger partial charge in [0.2, 0.25) is 6.43 Å². The van der Waals surface area contributed by atoms with Crippen molar-refractivity contribution in [3.8, 4) is 0 Å². The van der Waals surface area contributed by atoms with Gasteiger partial charge in [0.05, 0.1) is 6.61 Å². The second-order valence-corrected chi connectivity index (χ2v) is 2.76. The van der Waals surface area contributed by atoms with Crippen molar-refractivity contribution in [2.45, 2.75) is 24.8 Å². The van der Waals surface area contributed by atoms with Crippen LogP contribution in [-0.4, -0.2) is 25.2 Å². The van der Waals surface area contributed by atoms with Gasteiger partial charge in [-0.05, 0) is 6.42 Å². The van der Waals surface area contributed by atoms with Crippen LogP contribution < -0.4 is 5.73 Å². The molecule has 2 nitrogen and oxygen atoms in total. The van der Waals surface area contributed by atoms with E-state index in [4.69, 9.17) is 10.5 Å². The van der Waals surface area contributed by atoms with Crippen molar-refractivity contribution in [3.05, 3.63) is 0 Å². The minimum absolute atomic E-state index is 0.243. The molecule has 0 aromatic carbocycles. The number of rotatable bonds is 2. The van der Waals surface area contributed by atoms with Crippen LogP contribution in [0.4, 0.5) is 8.78 Å². The topological polar surface area (TPSA) is 35.2 Å². The Morgan fingerprint density at radius 1 is 1.60 bits per heavy atom. The number of halogens is 2. The lowest BCUT2D eigenvalue weighted by atomic mass is 9.96. The van der Waals surface area contributed by atoms with Gasteiger partial charge in [-0.3, -0.25) is 0 Å². The number of hydrogen-bond acceptors (Lipinski definition) is 2. The smallest absolute Gasteiger partial charge is 0.240 e.